The third-order valence-corrected chi connectivity index (χ3v) is 2.97. The minimum atomic E-state index is 0.174. The molecule has 1 saturated heterocycles. The van der Waals surface area contributed by atoms with Crippen LogP contribution in [0.4, 0.5) is 0 Å². The Kier molecular flexibility index (Phi) is 8.59. The number of rotatable bonds is 9. The molecule has 4 nitrogen and oxygen atoms in total. The molecule has 1 rings (SSSR count). The summed E-state index contributed by atoms with van der Waals surface area (Å²) in [6.45, 7) is 11.2. The van der Waals surface area contributed by atoms with Gasteiger partial charge in [-0.3, -0.25) is 0 Å². The largest absolute Gasteiger partial charge is 0.379 e. The Morgan fingerprint density at radius 3 is 2.89 bits per heavy atom. The molecule has 1 aliphatic heterocycles. The first-order valence-corrected chi connectivity index (χ1v) is 7.24. The smallest absolute Gasteiger partial charge is 0.0962 e. The highest BCUT2D eigenvalue weighted by molar-refractivity contribution is 4.80. The minimum Gasteiger partial charge on any atom is -0.379 e. The first-order chi connectivity index (χ1) is 8.74. The van der Waals surface area contributed by atoms with E-state index >= 15 is 0 Å². The van der Waals surface area contributed by atoms with Crippen molar-refractivity contribution in [2.45, 2.75) is 45.8 Å². The third kappa shape index (κ3) is 6.69. The van der Waals surface area contributed by atoms with Crippen LogP contribution >= 0.6 is 0 Å². The predicted molar refractivity (Wildman–Crippen MR) is 72.9 cm³/mol. The third-order valence-electron chi connectivity index (χ3n) is 2.97. The van der Waals surface area contributed by atoms with Gasteiger partial charge in [0.1, 0.15) is 0 Å². The van der Waals surface area contributed by atoms with E-state index in [4.69, 9.17) is 14.2 Å². The van der Waals surface area contributed by atoms with Crippen molar-refractivity contribution in [1.82, 2.24) is 5.32 Å². The first-order valence-electron chi connectivity index (χ1n) is 7.24. The molecule has 1 N–H and O–H groups in total. The Morgan fingerprint density at radius 2 is 2.17 bits per heavy atom. The van der Waals surface area contributed by atoms with E-state index in [0.717, 1.165) is 32.6 Å². The lowest BCUT2D eigenvalue weighted by Crippen LogP contribution is -2.48. The SMILES string of the molecule is CCCNC1CCOCC1OCCOCC(C)C. The lowest BCUT2D eigenvalue weighted by atomic mass is 10.1. The average molecular weight is 259 g/mol. The van der Waals surface area contributed by atoms with Crippen LogP contribution in [-0.4, -0.2) is 51.7 Å². The fourth-order valence-electron chi connectivity index (χ4n) is 2.02. The fourth-order valence-corrected chi connectivity index (χ4v) is 2.02. The molecule has 0 aromatic heterocycles. The van der Waals surface area contributed by atoms with E-state index in [2.05, 4.69) is 26.1 Å². The van der Waals surface area contributed by atoms with Crippen molar-refractivity contribution in [3.8, 4) is 0 Å². The number of ether oxygens (including phenoxy) is 3. The topological polar surface area (TPSA) is 39.7 Å². The lowest BCUT2D eigenvalue weighted by molar-refractivity contribution is -0.0821. The van der Waals surface area contributed by atoms with Gasteiger partial charge in [-0.25, -0.2) is 0 Å². The molecular formula is C14H29NO3. The molecular weight excluding hydrogens is 230 g/mol. The molecule has 1 heterocycles. The van der Waals surface area contributed by atoms with Gasteiger partial charge in [0, 0.05) is 19.3 Å². The standard InChI is InChI=1S/C14H29NO3/c1-4-6-15-13-5-7-16-11-14(13)18-9-8-17-10-12(2)3/h12-15H,4-11H2,1-3H3. The summed E-state index contributed by atoms with van der Waals surface area (Å²) in [5.41, 5.74) is 0. The summed E-state index contributed by atoms with van der Waals surface area (Å²) in [6.07, 6.45) is 2.37. The molecule has 4 heteroatoms. The molecule has 108 valence electrons. The van der Waals surface area contributed by atoms with Gasteiger partial charge in [-0.2, -0.15) is 0 Å². The van der Waals surface area contributed by atoms with Gasteiger partial charge in [-0.05, 0) is 25.3 Å². The van der Waals surface area contributed by atoms with Crippen LogP contribution in [0.3, 0.4) is 0 Å². The summed E-state index contributed by atoms with van der Waals surface area (Å²) in [7, 11) is 0. The molecule has 0 radical (unpaired) electrons. The van der Waals surface area contributed by atoms with Crippen molar-refractivity contribution in [2.24, 2.45) is 5.92 Å². The fraction of sp³-hybridized carbons (Fsp3) is 1.00. The van der Waals surface area contributed by atoms with Crippen LogP contribution in [0.25, 0.3) is 0 Å². The average Bonchev–Trinajstić information content (AvgIpc) is 2.36. The molecule has 2 unspecified atom stereocenters. The number of nitrogens with one attached hydrogen (secondary N) is 1. The molecule has 0 aromatic rings. The zero-order chi connectivity index (χ0) is 13.2. The molecule has 1 fully saturated rings. The van der Waals surface area contributed by atoms with Crippen molar-refractivity contribution < 1.29 is 14.2 Å². The Bertz CT molecular complexity index is 199. The molecule has 0 bridgehead atoms. The van der Waals surface area contributed by atoms with Crippen LogP contribution in [0.5, 0.6) is 0 Å². The lowest BCUT2D eigenvalue weighted by Gasteiger charge is -2.32. The van der Waals surface area contributed by atoms with Gasteiger partial charge in [0.25, 0.3) is 0 Å². The van der Waals surface area contributed by atoms with Gasteiger partial charge in [-0.1, -0.05) is 20.8 Å². The maximum atomic E-state index is 5.86. The van der Waals surface area contributed by atoms with E-state index in [1.807, 2.05) is 0 Å². The molecule has 2 atom stereocenters. The molecule has 0 aliphatic carbocycles. The van der Waals surface area contributed by atoms with E-state index < -0.39 is 0 Å². The summed E-state index contributed by atoms with van der Waals surface area (Å²) in [5.74, 6) is 0.585. The Labute approximate surface area is 111 Å². The van der Waals surface area contributed by atoms with Crippen LogP contribution in [0.2, 0.25) is 0 Å². The van der Waals surface area contributed by atoms with Crippen molar-refractivity contribution in [3.05, 3.63) is 0 Å². The highest BCUT2D eigenvalue weighted by Gasteiger charge is 2.25. The second-order valence-electron chi connectivity index (χ2n) is 5.30. The van der Waals surface area contributed by atoms with E-state index in [-0.39, 0.29) is 6.10 Å². The maximum absolute atomic E-state index is 5.86. The highest BCUT2D eigenvalue weighted by atomic mass is 16.6. The van der Waals surface area contributed by atoms with Gasteiger partial charge in [0.15, 0.2) is 0 Å². The van der Waals surface area contributed by atoms with Crippen LogP contribution in [0.1, 0.15) is 33.6 Å². The second-order valence-corrected chi connectivity index (χ2v) is 5.30. The Balaban J connectivity index is 2.12. The van der Waals surface area contributed by atoms with Crippen LogP contribution < -0.4 is 5.32 Å². The first kappa shape index (κ1) is 15.9. The van der Waals surface area contributed by atoms with Gasteiger partial charge >= 0.3 is 0 Å². The van der Waals surface area contributed by atoms with Gasteiger partial charge in [0.2, 0.25) is 0 Å². The summed E-state index contributed by atoms with van der Waals surface area (Å²) in [4.78, 5) is 0. The molecule has 0 aromatic carbocycles. The minimum absolute atomic E-state index is 0.174. The molecule has 18 heavy (non-hydrogen) atoms. The maximum Gasteiger partial charge on any atom is 0.0962 e. The monoisotopic (exact) mass is 259 g/mol. The number of hydrogen-bond donors (Lipinski definition) is 1. The molecule has 0 amide bonds. The molecule has 0 spiro atoms. The van der Waals surface area contributed by atoms with Crippen molar-refractivity contribution in [3.63, 3.8) is 0 Å². The van der Waals surface area contributed by atoms with Crippen LogP contribution in [0, 0.1) is 5.92 Å². The quantitative estimate of drug-likeness (QED) is 0.641. The predicted octanol–water partition coefficient (Wildman–Crippen LogP) is 1.83. The Hall–Kier alpha value is -0.160. The van der Waals surface area contributed by atoms with Crippen LogP contribution in [-0.2, 0) is 14.2 Å². The summed E-state index contributed by atoms with van der Waals surface area (Å²) in [5, 5.41) is 3.53. The van der Waals surface area contributed by atoms with E-state index in [1.165, 1.54) is 0 Å². The van der Waals surface area contributed by atoms with Gasteiger partial charge in [0.05, 0.1) is 25.9 Å². The normalized spacial score (nSPS) is 24.7. The number of hydrogen-bond acceptors (Lipinski definition) is 4. The Morgan fingerprint density at radius 1 is 1.33 bits per heavy atom. The summed E-state index contributed by atoms with van der Waals surface area (Å²) < 4.78 is 16.9. The van der Waals surface area contributed by atoms with E-state index in [0.29, 0.717) is 31.8 Å². The van der Waals surface area contributed by atoms with Crippen LogP contribution in [0.15, 0.2) is 0 Å². The van der Waals surface area contributed by atoms with Crippen molar-refractivity contribution in [2.75, 3.05) is 39.6 Å². The van der Waals surface area contributed by atoms with Crippen molar-refractivity contribution in [1.29, 1.82) is 0 Å². The zero-order valence-electron chi connectivity index (χ0n) is 12.1. The van der Waals surface area contributed by atoms with Crippen molar-refractivity contribution >= 4 is 0 Å². The van der Waals surface area contributed by atoms with Gasteiger partial charge < -0.3 is 19.5 Å². The molecule has 0 saturated carbocycles. The summed E-state index contributed by atoms with van der Waals surface area (Å²) in [6, 6.07) is 0.434. The van der Waals surface area contributed by atoms with Gasteiger partial charge in [-0.15, -0.1) is 0 Å². The highest BCUT2D eigenvalue weighted by Crippen LogP contribution is 2.11. The van der Waals surface area contributed by atoms with E-state index in [1.54, 1.807) is 0 Å². The van der Waals surface area contributed by atoms with E-state index in [9.17, 15) is 0 Å². The summed E-state index contributed by atoms with van der Waals surface area (Å²) >= 11 is 0. The zero-order valence-corrected chi connectivity index (χ0v) is 12.1. The molecule has 1 aliphatic rings. The second kappa shape index (κ2) is 9.73.